The maximum Gasteiger partial charge on any atom is 0.306 e. The minimum absolute atomic E-state index is 0.0176. The largest absolute Gasteiger partial charge is 0.508 e. The van der Waals surface area contributed by atoms with Gasteiger partial charge in [-0.15, -0.1) is 0 Å². The second-order valence-electron chi connectivity index (χ2n) is 6.82. The van der Waals surface area contributed by atoms with E-state index in [1.54, 1.807) is 20.8 Å². The summed E-state index contributed by atoms with van der Waals surface area (Å²) in [6.07, 6.45) is 0.0756. The molecule has 158 valence electrons. The predicted molar refractivity (Wildman–Crippen MR) is 109 cm³/mol. The molecule has 3 N–H and O–H groups in total. The number of carbonyl (C=O) groups excluding carboxylic acids is 3. The third kappa shape index (κ3) is 7.21. The molecule has 28 heavy (non-hydrogen) atoms. The number of rotatable bonds is 5. The van der Waals surface area contributed by atoms with Crippen LogP contribution in [0.4, 0.5) is 0 Å². The number of benzene rings is 1. The number of hydrogen-bond donors (Lipinski definition) is 2. The van der Waals surface area contributed by atoms with E-state index in [2.05, 4.69) is 0 Å². The van der Waals surface area contributed by atoms with Crippen molar-refractivity contribution in [2.75, 3.05) is 0 Å². The van der Waals surface area contributed by atoms with Crippen molar-refractivity contribution in [3.05, 3.63) is 29.3 Å². The number of phenols is 1. The van der Waals surface area contributed by atoms with Crippen LogP contribution >= 0.6 is 0 Å². The van der Waals surface area contributed by atoms with Crippen molar-refractivity contribution in [3.8, 4) is 5.75 Å². The summed E-state index contributed by atoms with van der Waals surface area (Å²) in [5, 5.41) is 9.52. The first kappa shape index (κ1) is 25.4. The van der Waals surface area contributed by atoms with E-state index in [0.717, 1.165) is 0 Å². The van der Waals surface area contributed by atoms with Crippen molar-refractivity contribution >= 4 is 17.8 Å². The highest BCUT2D eigenvalue weighted by molar-refractivity contribution is 6.01. The molecule has 1 atom stereocenters. The van der Waals surface area contributed by atoms with Crippen molar-refractivity contribution in [1.29, 1.82) is 0 Å². The highest BCUT2D eigenvalue weighted by atomic mass is 16.6. The van der Waals surface area contributed by atoms with Crippen LogP contribution in [0.5, 0.6) is 5.75 Å². The van der Waals surface area contributed by atoms with Gasteiger partial charge in [-0.05, 0) is 51.0 Å². The molecule has 0 saturated carbocycles. The lowest BCUT2D eigenvalue weighted by atomic mass is 10.1. The van der Waals surface area contributed by atoms with Gasteiger partial charge in [0, 0.05) is 18.5 Å². The van der Waals surface area contributed by atoms with Gasteiger partial charge >= 0.3 is 5.97 Å². The lowest BCUT2D eigenvalue weighted by Crippen LogP contribution is -2.45. The molecule has 1 aliphatic heterocycles. The maximum atomic E-state index is 12.4. The van der Waals surface area contributed by atoms with E-state index in [4.69, 9.17) is 10.5 Å². The van der Waals surface area contributed by atoms with Gasteiger partial charge in [-0.25, -0.2) is 0 Å². The minimum atomic E-state index is -0.903. The van der Waals surface area contributed by atoms with E-state index < -0.39 is 23.5 Å². The molecule has 0 aliphatic carbocycles. The fourth-order valence-electron chi connectivity index (χ4n) is 2.68. The third-order valence-corrected chi connectivity index (χ3v) is 3.67. The average molecular weight is 395 g/mol. The lowest BCUT2D eigenvalue weighted by molar-refractivity contribution is -0.155. The Morgan fingerprint density at radius 1 is 1.21 bits per heavy atom. The maximum absolute atomic E-state index is 12.4. The number of ether oxygens (including phenoxy) is 1. The molecule has 1 aromatic carbocycles. The Balaban J connectivity index is 0.00000171. The first-order valence-corrected chi connectivity index (χ1v) is 9.72. The molecular weight excluding hydrogens is 360 g/mol. The number of amides is 2. The summed E-state index contributed by atoms with van der Waals surface area (Å²) in [6, 6.07) is 3.51. The number of primary amides is 1. The van der Waals surface area contributed by atoms with Gasteiger partial charge in [-0.3, -0.25) is 14.4 Å². The quantitative estimate of drug-likeness (QED) is 0.744. The van der Waals surface area contributed by atoms with Crippen LogP contribution in [0.2, 0.25) is 0 Å². The SMILES string of the molecule is CC.CC.CC(C)(C)OC(=O)CCC(C(N)=O)N1Cc2cc(O)ccc2C1=O. The number of hydrogen-bond acceptors (Lipinski definition) is 5. The zero-order valence-corrected chi connectivity index (χ0v) is 18.0. The first-order chi connectivity index (χ1) is 13.1. The summed E-state index contributed by atoms with van der Waals surface area (Å²) in [7, 11) is 0. The van der Waals surface area contributed by atoms with E-state index in [-0.39, 0.29) is 31.0 Å². The zero-order chi connectivity index (χ0) is 22.1. The van der Waals surface area contributed by atoms with Gasteiger partial charge in [0.25, 0.3) is 5.91 Å². The van der Waals surface area contributed by atoms with Crippen LogP contribution < -0.4 is 5.73 Å². The monoisotopic (exact) mass is 394 g/mol. The fraction of sp³-hybridized carbons (Fsp3) is 0.571. The fourth-order valence-corrected chi connectivity index (χ4v) is 2.68. The zero-order valence-electron chi connectivity index (χ0n) is 18.0. The van der Waals surface area contributed by atoms with Crippen molar-refractivity contribution in [2.24, 2.45) is 5.73 Å². The number of phenolic OH excluding ortho intramolecular Hbond substituents is 1. The summed E-state index contributed by atoms with van der Waals surface area (Å²) < 4.78 is 5.21. The van der Waals surface area contributed by atoms with Gasteiger partial charge in [0.2, 0.25) is 5.91 Å². The molecule has 0 radical (unpaired) electrons. The Morgan fingerprint density at radius 2 is 1.79 bits per heavy atom. The van der Waals surface area contributed by atoms with E-state index >= 15 is 0 Å². The van der Waals surface area contributed by atoms with Crippen LogP contribution in [0, 0.1) is 0 Å². The smallest absolute Gasteiger partial charge is 0.306 e. The van der Waals surface area contributed by atoms with Crippen molar-refractivity contribution in [2.45, 2.75) is 79.5 Å². The number of aromatic hydroxyl groups is 1. The van der Waals surface area contributed by atoms with E-state index in [1.807, 2.05) is 27.7 Å². The molecule has 7 heteroatoms. The topological polar surface area (TPSA) is 110 Å². The van der Waals surface area contributed by atoms with Crippen LogP contribution in [0.1, 0.15) is 77.2 Å². The molecule has 0 spiro atoms. The number of fused-ring (bicyclic) bond motifs is 1. The van der Waals surface area contributed by atoms with Crippen molar-refractivity contribution in [3.63, 3.8) is 0 Å². The number of nitrogens with two attached hydrogens (primary N) is 1. The number of esters is 1. The summed E-state index contributed by atoms with van der Waals surface area (Å²) in [6.45, 7) is 13.4. The van der Waals surface area contributed by atoms with E-state index in [1.165, 1.54) is 23.1 Å². The van der Waals surface area contributed by atoms with Crippen LogP contribution in [-0.2, 0) is 20.9 Å². The highest BCUT2D eigenvalue weighted by Crippen LogP contribution is 2.28. The molecule has 0 fully saturated rings. The lowest BCUT2D eigenvalue weighted by Gasteiger charge is -2.25. The van der Waals surface area contributed by atoms with E-state index in [0.29, 0.717) is 11.1 Å². The Morgan fingerprint density at radius 3 is 2.29 bits per heavy atom. The van der Waals surface area contributed by atoms with E-state index in [9.17, 15) is 19.5 Å². The van der Waals surface area contributed by atoms with Gasteiger partial charge in [0.15, 0.2) is 0 Å². The summed E-state index contributed by atoms with van der Waals surface area (Å²) in [5.74, 6) is -1.41. The molecular formula is C21H34N2O5. The van der Waals surface area contributed by atoms with Gasteiger partial charge in [0.05, 0.1) is 0 Å². The van der Waals surface area contributed by atoms with Crippen LogP contribution in [0.3, 0.4) is 0 Å². The molecule has 0 saturated heterocycles. The first-order valence-electron chi connectivity index (χ1n) is 9.72. The molecule has 1 aliphatic rings. The Kier molecular flexibility index (Phi) is 10.3. The molecule has 0 aromatic heterocycles. The van der Waals surface area contributed by atoms with Gasteiger partial charge in [-0.1, -0.05) is 27.7 Å². The molecule has 1 unspecified atom stereocenters. The normalized spacial score (nSPS) is 13.4. The second kappa shape index (κ2) is 11.3. The molecule has 2 amide bonds. The standard InChI is InChI=1S/C17H22N2O5.2C2H6/c1-17(2,3)24-14(21)7-6-13(15(18)22)19-9-10-8-11(20)4-5-12(10)16(19)23;2*1-2/h4-5,8,13,20H,6-7,9H2,1-3H3,(H2,18,22);2*1-2H3. The Labute approximate surface area is 167 Å². The summed E-state index contributed by atoms with van der Waals surface area (Å²) in [5.41, 5.74) is 5.86. The molecule has 1 heterocycles. The van der Waals surface area contributed by atoms with Crippen LogP contribution in [-0.4, -0.2) is 39.4 Å². The molecule has 0 bridgehead atoms. The molecule has 2 rings (SSSR count). The third-order valence-electron chi connectivity index (χ3n) is 3.67. The number of nitrogens with zero attached hydrogens (tertiary/aromatic N) is 1. The van der Waals surface area contributed by atoms with Crippen molar-refractivity contribution < 1.29 is 24.2 Å². The average Bonchev–Trinajstić information content (AvgIpc) is 2.92. The van der Waals surface area contributed by atoms with Gasteiger partial charge in [-0.2, -0.15) is 0 Å². The Hall–Kier alpha value is -2.57. The number of carbonyl (C=O) groups is 3. The molecule has 1 aromatic rings. The van der Waals surface area contributed by atoms with Gasteiger partial charge < -0.3 is 20.5 Å². The molecule has 7 nitrogen and oxygen atoms in total. The highest BCUT2D eigenvalue weighted by Gasteiger charge is 2.36. The van der Waals surface area contributed by atoms with Crippen LogP contribution in [0.25, 0.3) is 0 Å². The Bertz CT molecular complexity index is 680. The summed E-state index contributed by atoms with van der Waals surface area (Å²) >= 11 is 0. The van der Waals surface area contributed by atoms with Crippen molar-refractivity contribution in [1.82, 2.24) is 4.90 Å². The minimum Gasteiger partial charge on any atom is -0.508 e. The second-order valence-corrected chi connectivity index (χ2v) is 6.82. The summed E-state index contributed by atoms with van der Waals surface area (Å²) in [4.78, 5) is 37.4. The predicted octanol–water partition coefficient (Wildman–Crippen LogP) is 3.38. The van der Waals surface area contributed by atoms with Gasteiger partial charge in [0.1, 0.15) is 17.4 Å². The van der Waals surface area contributed by atoms with Crippen LogP contribution in [0.15, 0.2) is 18.2 Å².